The first-order chi connectivity index (χ1) is 17.2. The van der Waals surface area contributed by atoms with Crippen LogP contribution in [0.1, 0.15) is 35.6 Å². The Balaban J connectivity index is 1.80. The normalized spacial score (nSPS) is 17.8. The minimum atomic E-state index is -0.341. The molecule has 36 heavy (non-hydrogen) atoms. The number of nitriles is 1. The summed E-state index contributed by atoms with van der Waals surface area (Å²) in [4.78, 5) is 33.0. The molecule has 3 heterocycles. The third kappa shape index (κ3) is 5.09. The van der Waals surface area contributed by atoms with Crippen LogP contribution in [0.15, 0.2) is 34.0 Å². The summed E-state index contributed by atoms with van der Waals surface area (Å²) in [6.45, 7) is 7.63. The van der Waals surface area contributed by atoms with E-state index in [0.29, 0.717) is 26.9 Å². The van der Waals surface area contributed by atoms with Gasteiger partial charge in [-0.05, 0) is 49.7 Å². The maximum atomic E-state index is 13.4. The average molecular weight is 526 g/mol. The number of hydrogen-bond donors (Lipinski definition) is 0. The Morgan fingerprint density at radius 3 is 2.44 bits per heavy atom. The molecule has 7 nitrogen and oxygen atoms in total. The van der Waals surface area contributed by atoms with E-state index < -0.39 is 0 Å². The predicted octanol–water partition coefficient (Wildman–Crippen LogP) is 3.73. The van der Waals surface area contributed by atoms with Gasteiger partial charge < -0.3 is 9.80 Å². The van der Waals surface area contributed by atoms with Crippen LogP contribution < -0.4 is 10.5 Å². The van der Waals surface area contributed by atoms with Gasteiger partial charge in [0.2, 0.25) is 0 Å². The maximum absolute atomic E-state index is 13.4. The quantitative estimate of drug-likeness (QED) is 0.420. The molecule has 0 saturated carbocycles. The highest BCUT2D eigenvalue weighted by atomic mass is 32.2. The molecule has 1 amide bonds. The zero-order chi connectivity index (χ0) is 26.0. The van der Waals surface area contributed by atoms with Crippen LogP contribution in [0, 0.1) is 24.1 Å². The monoisotopic (exact) mass is 525 g/mol. The molecule has 0 spiro atoms. The topological polar surface area (TPSA) is 72.6 Å². The summed E-state index contributed by atoms with van der Waals surface area (Å²) in [5.74, 6) is 0.159. The molecule has 0 aliphatic carbocycles. The van der Waals surface area contributed by atoms with Crippen LogP contribution in [0.3, 0.4) is 0 Å². The standard InChI is InChI=1S/C26H28FN5O2S2/c1-4-9-31-23(30-12-10-29(3)11-13-30)20(17(2)21(15-28)24(31)33)14-22-25(34)32(26(35)36-22)16-18-5-7-19(27)8-6-18/h5-8,14H,4,9-13,16H2,1-3H3. The molecule has 0 N–H and O–H groups in total. The number of anilines is 1. The van der Waals surface area contributed by atoms with Crippen LogP contribution in [-0.4, -0.2) is 57.8 Å². The van der Waals surface area contributed by atoms with Crippen LogP contribution in [0.4, 0.5) is 10.2 Å². The van der Waals surface area contributed by atoms with Crippen molar-refractivity contribution in [2.24, 2.45) is 0 Å². The van der Waals surface area contributed by atoms with Crippen LogP contribution in [-0.2, 0) is 17.9 Å². The molecular weight excluding hydrogens is 497 g/mol. The molecular formula is C26H28FN5O2S2. The van der Waals surface area contributed by atoms with Gasteiger partial charge >= 0.3 is 0 Å². The lowest BCUT2D eigenvalue weighted by molar-refractivity contribution is -0.122. The molecule has 2 aromatic rings. The molecule has 2 saturated heterocycles. The van der Waals surface area contributed by atoms with Gasteiger partial charge in [0, 0.05) is 38.3 Å². The number of aromatic nitrogens is 1. The van der Waals surface area contributed by atoms with Crippen molar-refractivity contribution in [3.05, 3.63) is 67.6 Å². The van der Waals surface area contributed by atoms with Gasteiger partial charge in [-0.3, -0.25) is 19.1 Å². The van der Waals surface area contributed by atoms with E-state index in [-0.39, 0.29) is 29.4 Å². The van der Waals surface area contributed by atoms with Gasteiger partial charge in [-0.15, -0.1) is 0 Å². The van der Waals surface area contributed by atoms with E-state index in [4.69, 9.17) is 12.2 Å². The largest absolute Gasteiger partial charge is 0.355 e. The lowest BCUT2D eigenvalue weighted by atomic mass is 10.0. The second-order valence-electron chi connectivity index (χ2n) is 8.99. The van der Waals surface area contributed by atoms with E-state index in [0.717, 1.165) is 44.0 Å². The molecule has 188 valence electrons. The minimum Gasteiger partial charge on any atom is -0.355 e. The number of piperazine rings is 1. The van der Waals surface area contributed by atoms with E-state index in [9.17, 15) is 19.2 Å². The molecule has 2 aliphatic heterocycles. The van der Waals surface area contributed by atoms with Crippen LogP contribution in [0.25, 0.3) is 6.08 Å². The summed E-state index contributed by atoms with van der Waals surface area (Å²) >= 11 is 6.70. The van der Waals surface area contributed by atoms with E-state index in [2.05, 4.69) is 22.9 Å². The van der Waals surface area contributed by atoms with E-state index >= 15 is 0 Å². The Morgan fingerprint density at radius 1 is 1.17 bits per heavy atom. The van der Waals surface area contributed by atoms with Gasteiger partial charge in [-0.1, -0.05) is 43.0 Å². The highest BCUT2D eigenvalue weighted by Gasteiger charge is 2.33. The van der Waals surface area contributed by atoms with Gasteiger partial charge in [-0.25, -0.2) is 4.39 Å². The smallest absolute Gasteiger partial charge is 0.270 e. The van der Waals surface area contributed by atoms with Gasteiger partial charge in [0.05, 0.1) is 11.4 Å². The first kappa shape index (κ1) is 26.1. The Bertz CT molecular complexity index is 1320. The number of carbonyl (C=O) groups excluding carboxylic acids is 1. The number of thioether (sulfide) groups is 1. The zero-order valence-corrected chi connectivity index (χ0v) is 22.2. The summed E-state index contributed by atoms with van der Waals surface area (Å²) in [6, 6.07) is 8.06. The van der Waals surface area contributed by atoms with Crippen molar-refractivity contribution in [2.45, 2.75) is 33.4 Å². The first-order valence-corrected chi connectivity index (χ1v) is 13.1. The molecule has 0 bridgehead atoms. The van der Waals surface area contributed by atoms with E-state index in [1.165, 1.54) is 28.8 Å². The third-order valence-electron chi connectivity index (χ3n) is 6.50. The molecule has 1 aromatic heterocycles. The second-order valence-corrected chi connectivity index (χ2v) is 10.7. The van der Waals surface area contributed by atoms with Crippen molar-refractivity contribution >= 4 is 46.1 Å². The number of likely N-dealkylation sites (N-methyl/N-ethyl adjacent to an activating group) is 1. The number of amides is 1. The fraction of sp³-hybridized carbons (Fsp3) is 0.385. The summed E-state index contributed by atoms with van der Waals surface area (Å²) in [7, 11) is 2.06. The molecule has 0 unspecified atom stereocenters. The van der Waals surface area contributed by atoms with Crippen molar-refractivity contribution < 1.29 is 9.18 Å². The van der Waals surface area contributed by atoms with Gasteiger partial charge in [0.15, 0.2) is 0 Å². The molecule has 2 aliphatic rings. The van der Waals surface area contributed by atoms with E-state index in [1.54, 1.807) is 29.7 Å². The Kier molecular flexibility index (Phi) is 7.93. The molecule has 1 aromatic carbocycles. The number of rotatable bonds is 6. The number of benzene rings is 1. The molecule has 0 atom stereocenters. The Morgan fingerprint density at radius 2 is 1.83 bits per heavy atom. The zero-order valence-electron chi connectivity index (χ0n) is 20.6. The van der Waals surface area contributed by atoms with Gasteiger partial charge in [0.25, 0.3) is 11.5 Å². The molecule has 10 heteroatoms. The van der Waals surface area contributed by atoms with Crippen LogP contribution in [0.5, 0.6) is 0 Å². The number of hydrogen-bond acceptors (Lipinski definition) is 7. The summed E-state index contributed by atoms with van der Waals surface area (Å²) < 4.78 is 15.4. The van der Waals surface area contributed by atoms with E-state index in [1.807, 2.05) is 6.92 Å². The van der Waals surface area contributed by atoms with Crippen molar-refractivity contribution in [3.8, 4) is 6.07 Å². The fourth-order valence-corrected chi connectivity index (χ4v) is 5.71. The highest BCUT2D eigenvalue weighted by molar-refractivity contribution is 8.26. The summed E-state index contributed by atoms with van der Waals surface area (Å²) in [6.07, 6.45) is 2.51. The number of halogens is 1. The fourth-order valence-electron chi connectivity index (χ4n) is 4.47. The van der Waals surface area contributed by atoms with Gasteiger partial charge in [0.1, 0.15) is 27.6 Å². The summed E-state index contributed by atoms with van der Waals surface area (Å²) in [5, 5.41) is 9.80. The number of nitrogens with zero attached hydrogens (tertiary/aromatic N) is 5. The minimum absolute atomic E-state index is 0.0920. The Hall–Kier alpha value is -3.00. The highest BCUT2D eigenvalue weighted by Crippen LogP contribution is 2.36. The van der Waals surface area contributed by atoms with Crippen LogP contribution in [0.2, 0.25) is 0 Å². The average Bonchev–Trinajstić information content (AvgIpc) is 3.12. The van der Waals surface area contributed by atoms with Crippen molar-refractivity contribution in [3.63, 3.8) is 0 Å². The molecule has 4 rings (SSSR count). The predicted molar refractivity (Wildman–Crippen MR) is 145 cm³/mol. The number of thiocarbonyl (C=S) groups is 1. The number of carbonyl (C=O) groups is 1. The molecule has 2 fully saturated rings. The summed E-state index contributed by atoms with van der Waals surface area (Å²) in [5.41, 5.74) is 1.83. The van der Waals surface area contributed by atoms with Crippen LogP contribution >= 0.6 is 24.0 Å². The van der Waals surface area contributed by atoms with Crippen molar-refractivity contribution in [1.29, 1.82) is 5.26 Å². The van der Waals surface area contributed by atoms with Crippen molar-refractivity contribution in [1.82, 2.24) is 14.4 Å². The number of pyridine rings is 1. The lowest BCUT2D eigenvalue weighted by Crippen LogP contribution is -2.47. The molecule has 0 radical (unpaired) electrons. The lowest BCUT2D eigenvalue weighted by Gasteiger charge is -2.36. The maximum Gasteiger partial charge on any atom is 0.270 e. The van der Waals surface area contributed by atoms with Crippen molar-refractivity contribution in [2.75, 3.05) is 38.1 Å². The third-order valence-corrected chi connectivity index (χ3v) is 7.88. The Labute approximate surface area is 219 Å². The first-order valence-electron chi connectivity index (χ1n) is 11.9. The van der Waals surface area contributed by atoms with Gasteiger partial charge in [-0.2, -0.15) is 5.26 Å². The second kappa shape index (κ2) is 10.9. The SMILES string of the molecule is CCCn1c(N2CCN(C)CC2)c(C=C2SC(=S)N(Cc3ccc(F)cc3)C2=O)c(C)c(C#N)c1=O.